The maximum atomic E-state index is 5.14. The second-order valence-electron chi connectivity index (χ2n) is 6.96. The fourth-order valence-corrected chi connectivity index (χ4v) is 3.21. The van der Waals surface area contributed by atoms with Gasteiger partial charge in [0, 0.05) is 56.4 Å². The van der Waals surface area contributed by atoms with E-state index in [4.69, 9.17) is 4.74 Å². The van der Waals surface area contributed by atoms with Crippen LogP contribution in [-0.2, 0) is 24.6 Å². The highest BCUT2D eigenvalue weighted by Crippen LogP contribution is 2.11. The molecule has 32 heavy (non-hydrogen) atoms. The number of amidine groups is 1. The van der Waals surface area contributed by atoms with Crippen LogP contribution in [-0.4, -0.2) is 41.4 Å². The predicted molar refractivity (Wildman–Crippen MR) is 147 cm³/mol. The Bertz CT molecular complexity index is 687. The van der Waals surface area contributed by atoms with Crippen LogP contribution in [0.25, 0.3) is 0 Å². The normalized spacial score (nSPS) is 13.8. The molecule has 0 spiro atoms. The molecular weight excluding hydrogens is 416 g/mol. The van der Waals surface area contributed by atoms with E-state index in [1.165, 1.54) is 23.5 Å². The molecule has 0 amide bonds. The fourth-order valence-electron chi connectivity index (χ4n) is 2.64. The van der Waals surface area contributed by atoms with E-state index in [0.29, 0.717) is 0 Å². The predicted octanol–water partition coefficient (Wildman–Crippen LogP) is 7.51. The number of hydrogen-bond donors (Lipinski definition) is 0. The lowest BCUT2D eigenvalue weighted by molar-refractivity contribution is 0.0716. The van der Waals surface area contributed by atoms with Crippen LogP contribution >= 0.6 is 11.3 Å². The van der Waals surface area contributed by atoms with Crippen LogP contribution in [0.3, 0.4) is 0 Å². The lowest BCUT2D eigenvalue weighted by Crippen LogP contribution is -2.12. The average molecular weight is 467 g/mol. The van der Waals surface area contributed by atoms with E-state index in [1.54, 1.807) is 11.3 Å². The molecule has 186 valence electrons. The number of ether oxygens (including phenoxy) is 1. The van der Waals surface area contributed by atoms with Crippen molar-refractivity contribution in [2.24, 2.45) is 23.0 Å². The highest BCUT2D eigenvalue weighted by Gasteiger charge is 2.06. The Balaban J connectivity index is -0.000000340. The van der Waals surface area contributed by atoms with Crippen molar-refractivity contribution in [3.05, 3.63) is 40.6 Å². The third-order valence-corrected chi connectivity index (χ3v) is 5.55. The van der Waals surface area contributed by atoms with Gasteiger partial charge in [0.05, 0.1) is 11.6 Å². The van der Waals surface area contributed by atoms with Crippen LogP contribution in [0.15, 0.2) is 39.9 Å². The Hall–Kier alpha value is -1.79. The molecule has 0 N–H and O–H groups in total. The van der Waals surface area contributed by atoms with E-state index in [9.17, 15) is 0 Å². The topological polar surface area (TPSA) is 51.8 Å². The molecule has 4 heterocycles. The van der Waals surface area contributed by atoms with Gasteiger partial charge < -0.3 is 9.30 Å². The molecular formula is C26H50N4OS. The number of nitrogens with zero attached hydrogens (tertiary/aromatic N) is 4. The minimum atomic E-state index is 0. The molecule has 0 aromatic carbocycles. The Morgan fingerprint density at radius 1 is 1.06 bits per heavy atom. The molecule has 0 radical (unpaired) electrons. The summed E-state index contributed by atoms with van der Waals surface area (Å²) >= 11 is 1.71. The SMILES string of the molecule is C.C.C.CC1CCOCC1.CCC1=NCC=N1.CCc1cccn1C.CCc1nccs1. The van der Waals surface area contributed by atoms with E-state index >= 15 is 0 Å². The molecule has 0 atom stereocenters. The van der Waals surface area contributed by atoms with Gasteiger partial charge in [0.1, 0.15) is 5.84 Å². The van der Waals surface area contributed by atoms with E-state index in [-0.39, 0.29) is 22.3 Å². The maximum absolute atomic E-state index is 5.14. The van der Waals surface area contributed by atoms with Gasteiger partial charge in [-0.25, -0.2) is 9.98 Å². The van der Waals surface area contributed by atoms with Crippen molar-refractivity contribution in [2.75, 3.05) is 19.8 Å². The average Bonchev–Trinajstić information content (AvgIpc) is 3.52. The molecule has 1 fully saturated rings. The Kier molecular flexibility index (Phi) is 24.4. The molecule has 2 aliphatic heterocycles. The molecule has 0 aliphatic carbocycles. The van der Waals surface area contributed by atoms with E-state index in [2.05, 4.69) is 72.6 Å². The molecule has 0 bridgehead atoms. The highest BCUT2D eigenvalue weighted by atomic mass is 32.1. The van der Waals surface area contributed by atoms with Crippen LogP contribution in [0.1, 0.15) is 79.9 Å². The number of aryl methyl sites for hydroxylation is 3. The lowest BCUT2D eigenvalue weighted by Gasteiger charge is -2.16. The first-order chi connectivity index (χ1) is 14.1. The van der Waals surface area contributed by atoms with Gasteiger partial charge in [-0.3, -0.25) is 4.99 Å². The van der Waals surface area contributed by atoms with Gasteiger partial charge in [0.25, 0.3) is 0 Å². The largest absolute Gasteiger partial charge is 0.381 e. The molecule has 1 saturated heterocycles. The summed E-state index contributed by atoms with van der Waals surface area (Å²) in [7, 11) is 2.07. The molecule has 2 aliphatic rings. The smallest absolute Gasteiger partial charge is 0.122 e. The quantitative estimate of drug-likeness (QED) is 0.470. The number of thiazole rings is 1. The minimum absolute atomic E-state index is 0. The van der Waals surface area contributed by atoms with Gasteiger partial charge in [-0.05, 0) is 43.7 Å². The first-order valence-electron chi connectivity index (χ1n) is 10.7. The summed E-state index contributed by atoms with van der Waals surface area (Å²) in [5.41, 5.74) is 1.39. The molecule has 4 rings (SSSR count). The van der Waals surface area contributed by atoms with Crippen molar-refractivity contribution in [3.63, 3.8) is 0 Å². The second-order valence-corrected chi connectivity index (χ2v) is 7.94. The molecule has 0 saturated carbocycles. The van der Waals surface area contributed by atoms with E-state index < -0.39 is 0 Å². The summed E-state index contributed by atoms with van der Waals surface area (Å²) in [6.07, 6.45) is 11.4. The maximum Gasteiger partial charge on any atom is 0.122 e. The summed E-state index contributed by atoms with van der Waals surface area (Å²) in [6, 6.07) is 4.21. The lowest BCUT2D eigenvalue weighted by atomic mass is 10.0. The fraction of sp³-hybridized carbons (Fsp3) is 0.654. The summed E-state index contributed by atoms with van der Waals surface area (Å²) in [6.45, 7) is 11.4. The molecule has 0 unspecified atom stereocenters. The third kappa shape index (κ3) is 15.9. The van der Waals surface area contributed by atoms with Crippen molar-refractivity contribution in [1.29, 1.82) is 0 Å². The monoisotopic (exact) mass is 466 g/mol. The van der Waals surface area contributed by atoms with Crippen LogP contribution in [0.5, 0.6) is 0 Å². The molecule has 2 aromatic heterocycles. The summed E-state index contributed by atoms with van der Waals surface area (Å²) in [5, 5.41) is 3.22. The number of rotatable bonds is 3. The van der Waals surface area contributed by atoms with Crippen molar-refractivity contribution < 1.29 is 4.74 Å². The zero-order valence-corrected chi connectivity index (χ0v) is 19.6. The number of hydrogen-bond acceptors (Lipinski definition) is 5. The zero-order valence-electron chi connectivity index (χ0n) is 18.8. The number of aliphatic imine (C=N–C) groups is 2. The van der Waals surface area contributed by atoms with Gasteiger partial charge in [-0.1, -0.05) is 50.0 Å². The van der Waals surface area contributed by atoms with Crippen LogP contribution < -0.4 is 0 Å². The van der Waals surface area contributed by atoms with E-state index in [0.717, 1.165) is 50.8 Å². The Labute approximate surface area is 203 Å². The summed E-state index contributed by atoms with van der Waals surface area (Å²) in [4.78, 5) is 12.1. The first-order valence-corrected chi connectivity index (χ1v) is 11.6. The molecule has 2 aromatic rings. The van der Waals surface area contributed by atoms with E-state index in [1.807, 2.05) is 17.8 Å². The highest BCUT2D eigenvalue weighted by molar-refractivity contribution is 7.09. The van der Waals surface area contributed by atoms with Gasteiger partial charge >= 0.3 is 0 Å². The van der Waals surface area contributed by atoms with Crippen LogP contribution in [0, 0.1) is 5.92 Å². The Morgan fingerprint density at radius 2 is 1.75 bits per heavy atom. The van der Waals surface area contributed by atoms with Crippen LogP contribution in [0.2, 0.25) is 0 Å². The first kappa shape index (κ1) is 34.8. The summed E-state index contributed by atoms with van der Waals surface area (Å²) in [5.74, 6) is 1.90. The van der Waals surface area contributed by atoms with Crippen molar-refractivity contribution >= 4 is 23.4 Å². The molecule has 6 heteroatoms. The third-order valence-electron chi connectivity index (χ3n) is 4.62. The van der Waals surface area contributed by atoms with Crippen LogP contribution in [0.4, 0.5) is 0 Å². The van der Waals surface area contributed by atoms with Gasteiger partial charge in [0.2, 0.25) is 0 Å². The zero-order chi connectivity index (χ0) is 21.3. The molecule has 5 nitrogen and oxygen atoms in total. The summed E-state index contributed by atoms with van der Waals surface area (Å²) < 4.78 is 7.28. The number of aromatic nitrogens is 2. The van der Waals surface area contributed by atoms with Gasteiger partial charge in [0.15, 0.2) is 0 Å². The minimum Gasteiger partial charge on any atom is -0.381 e. The standard InChI is InChI=1S/C7H11N.C6H12O.C5H8N2.C5H7NS.3CH4/c1-3-7-5-4-6-8(7)2;1-6-2-4-7-5-3-6;2*1-2-5-6-3-4-7-5;;;/h4-6H,3H2,1-2H3;6H,2-5H2,1H3;3H,2,4H2,1H3;3-4H,2H2,1H3;3*1H4. The van der Waals surface area contributed by atoms with Crippen molar-refractivity contribution in [2.45, 2.75) is 82.1 Å². The second kappa shape index (κ2) is 22.4. The van der Waals surface area contributed by atoms with Gasteiger partial charge in [-0.2, -0.15) is 0 Å². The Morgan fingerprint density at radius 3 is 2.00 bits per heavy atom. The van der Waals surface area contributed by atoms with Crippen molar-refractivity contribution in [3.8, 4) is 0 Å². The van der Waals surface area contributed by atoms with Gasteiger partial charge in [-0.15, -0.1) is 11.3 Å². The van der Waals surface area contributed by atoms with Crippen molar-refractivity contribution in [1.82, 2.24) is 9.55 Å².